The predicted octanol–water partition coefficient (Wildman–Crippen LogP) is 1.50. The van der Waals surface area contributed by atoms with Crippen LogP contribution in [0.15, 0.2) is 6.07 Å². The summed E-state index contributed by atoms with van der Waals surface area (Å²) in [6.45, 7) is 4.37. The molecule has 4 nitrogen and oxygen atoms in total. The summed E-state index contributed by atoms with van der Waals surface area (Å²) in [7, 11) is 0. The van der Waals surface area contributed by atoms with Crippen LogP contribution in [-0.2, 0) is 6.42 Å². The van der Waals surface area contributed by atoms with E-state index in [0.29, 0.717) is 30.7 Å². The molecular formula is C12H18N2O2. The van der Waals surface area contributed by atoms with Crippen molar-refractivity contribution in [3.05, 3.63) is 17.6 Å². The average Bonchev–Trinajstić information content (AvgIpc) is 2.99. The van der Waals surface area contributed by atoms with Gasteiger partial charge in [-0.05, 0) is 32.6 Å². The highest BCUT2D eigenvalue weighted by Gasteiger charge is 2.30. The Kier molecular flexibility index (Phi) is 3.39. The van der Waals surface area contributed by atoms with E-state index in [9.17, 15) is 5.11 Å². The first-order chi connectivity index (χ1) is 7.69. The van der Waals surface area contributed by atoms with Crippen LogP contribution < -0.4 is 4.74 Å². The molecule has 0 spiro atoms. The zero-order valence-electron chi connectivity index (χ0n) is 9.81. The second-order valence-electron chi connectivity index (χ2n) is 4.29. The van der Waals surface area contributed by atoms with E-state index in [-0.39, 0.29) is 6.10 Å². The summed E-state index contributed by atoms with van der Waals surface area (Å²) in [6.07, 6.45) is 2.63. The number of hydrogen-bond donors (Lipinski definition) is 1. The molecule has 1 aliphatic carbocycles. The summed E-state index contributed by atoms with van der Waals surface area (Å²) < 4.78 is 5.35. The summed E-state index contributed by atoms with van der Waals surface area (Å²) in [5, 5.41) is 9.85. The first kappa shape index (κ1) is 11.3. The van der Waals surface area contributed by atoms with E-state index in [0.717, 1.165) is 18.5 Å². The molecule has 2 rings (SSSR count). The third-order valence-corrected chi connectivity index (χ3v) is 2.74. The van der Waals surface area contributed by atoms with Crippen LogP contribution in [0.5, 0.6) is 5.88 Å². The molecule has 1 fully saturated rings. The van der Waals surface area contributed by atoms with Crippen LogP contribution >= 0.6 is 0 Å². The third kappa shape index (κ3) is 2.92. The summed E-state index contributed by atoms with van der Waals surface area (Å²) in [4.78, 5) is 8.49. The van der Waals surface area contributed by atoms with Crippen molar-refractivity contribution in [1.29, 1.82) is 0 Å². The minimum atomic E-state index is -0.260. The minimum absolute atomic E-state index is 0.260. The molecule has 88 valence electrons. The summed E-state index contributed by atoms with van der Waals surface area (Å²) in [5.41, 5.74) is 0.871. The Bertz CT molecular complexity index is 364. The van der Waals surface area contributed by atoms with E-state index >= 15 is 0 Å². The zero-order chi connectivity index (χ0) is 11.5. The van der Waals surface area contributed by atoms with Crippen molar-refractivity contribution in [3.8, 4) is 5.88 Å². The Morgan fingerprint density at radius 1 is 1.50 bits per heavy atom. The Morgan fingerprint density at radius 2 is 2.25 bits per heavy atom. The van der Waals surface area contributed by atoms with Crippen molar-refractivity contribution in [2.75, 3.05) is 6.61 Å². The Hall–Kier alpha value is -1.16. The van der Waals surface area contributed by atoms with Gasteiger partial charge in [-0.3, -0.25) is 0 Å². The predicted molar refractivity (Wildman–Crippen MR) is 60.4 cm³/mol. The molecule has 1 aromatic heterocycles. The number of aryl methyl sites for hydroxylation is 1. The highest BCUT2D eigenvalue weighted by Crippen LogP contribution is 2.33. The first-order valence-electron chi connectivity index (χ1n) is 5.84. The molecule has 0 aliphatic heterocycles. The van der Waals surface area contributed by atoms with Crippen LogP contribution in [-0.4, -0.2) is 27.8 Å². The fourth-order valence-electron chi connectivity index (χ4n) is 1.79. The molecule has 1 saturated carbocycles. The Labute approximate surface area is 95.7 Å². The monoisotopic (exact) mass is 222 g/mol. The Morgan fingerprint density at radius 3 is 2.88 bits per heavy atom. The van der Waals surface area contributed by atoms with Crippen molar-refractivity contribution in [2.24, 2.45) is 5.92 Å². The molecule has 0 radical (unpaired) electrons. The van der Waals surface area contributed by atoms with Gasteiger partial charge in [0.2, 0.25) is 5.88 Å². The second-order valence-corrected chi connectivity index (χ2v) is 4.29. The van der Waals surface area contributed by atoms with Crippen LogP contribution in [0.3, 0.4) is 0 Å². The Balaban J connectivity index is 2.06. The minimum Gasteiger partial charge on any atom is -0.478 e. The van der Waals surface area contributed by atoms with E-state index in [1.165, 1.54) is 0 Å². The van der Waals surface area contributed by atoms with Gasteiger partial charge in [0.1, 0.15) is 5.82 Å². The quantitative estimate of drug-likeness (QED) is 0.820. The van der Waals surface area contributed by atoms with E-state index in [1.807, 2.05) is 19.9 Å². The molecule has 16 heavy (non-hydrogen) atoms. The van der Waals surface area contributed by atoms with E-state index in [2.05, 4.69) is 9.97 Å². The van der Waals surface area contributed by atoms with E-state index < -0.39 is 0 Å². The van der Waals surface area contributed by atoms with Crippen LogP contribution in [0.1, 0.15) is 31.3 Å². The third-order valence-electron chi connectivity index (χ3n) is 2.74. The molecule has 1 N–H and O–H groups in total. The maximum Gasteiger partial charge on any atom is 0.216 e. The fraction of sp³-hybridized carbons (Fsp3) is 0.667. The van der Waals surface area contributed by atoms with Crippen molar-refractivity contribution in [3.63, 3.8) is 0 Å². The van der Waals surface area contributed by atoms with Gasteiger partial charge in [0.25, 0.3) is 0 Å². The van der Waals surface area contributed by atoms with Crippen molar-refractivity contribution < 1.29 is 9.84 Å². The molecule has 0 bridgehead atoms. The molecule has 0 amide bonds. The van der Waals surface area contributed by atoms with Gasteiger partial charge in [-0.1, -0.05) is 0 Å². The number of rotatable bonds is 5. The van der Waals surface area contributed by atoms with Crippen LogP contribution in [0.25, 0.3) is 0 Å². The first-order valence-corrected chi connectivity index (χ1v) is 5.84. The topological polar surface area (TPSA) is 55.2 Å². The van der Waals surface area contributed by atoms with Gasteiger partial charge in [0.05, 0.1) is 18.4 Å². The summed E-state index contributed by atoms with van der Waals surface area (Å²) >= 11 is 0. The van der Waals surface area contributed by atoms with E-state index in [4.69, 9.17) is 4.74 Å². The number of aromatic nitrogens is 2. The molecule has 4 heteroatoms. The summed E-state index contributed by atoms with van der Waals surface area (Å²) in [6, 6.07) is 1.82. The molecule has 1 heterocycles. The highest BCUT2D eigenvalue weighted by molar-refractivity contribution is 5.17. The normalized spacial score (nSPS) is 17.2. The van der Waals surface area contributed by atoms with Gasteiger partial charge in [-0.2, -0.15) is 4.98 Å². The second kappa shape index (κ2) is 4.78. The summed E-state index contributed by atoms with van der Waals surface area (Å²) in [5.74, 6) is 1.78. The van der Waals surface area contributed by atoms with Gasteiger partial charge in [0, 0.05) is 12.5 Å². The molecular weight excluding hydrogens is 204 g/mol. The smallest absolute Gasteiger partial charge is 0.216 e. The standard InChI is InChI=1S/C12H18N2O2/c1-3-16-12-7-10(13-8(2)14-12)6-11(15)9-4-5-9/h7,9,11,15H,3-6H2,1-2H3. The van der Waals surface area contributed by atoms with Crippen molar-refractivity contribution in [2.45, 2.75) is 39.2 Å². The lowest BCUT2D eigenvalue weighted by Gasteiger charge is -2.10. The van der Waals surface area contributed by atoms with Crippen LogP contribution in [0.2, 0.25) is 0 Å². The van der Waals surface area contributed by atoms with Gasteiger partial charge in [-0.25, -0.2) is 4.98 Å². The SMILES string of the molecule is CCOc1cc(CC(O)C2CC2)nc(C)n1. The largest absolute Gasteiger partial charge is 0.478 e. The highest BCUT2D eigenvalue weighted by atomic mass is 16.5. The van der Waals surface area contributed by atoms with Crippen molar-refractivity contribution in [1.82, 2.24) is 9.97 Å². The van der Waals surface area contributed by atoms with Gasteiger partial charge in [0.15, 0.2) is 0 Å². The fourth-order valence-corrected chi connectivity index (χ4v) is 1.79. The van der Waals surface area contributed by atoms with Gasteiger partial charge in [-0.15, -0.1) is 0 Å². The molecule has 1 atom stereocenters. The van der Waals surface area contributed by atoms with Crippen molar-refractivity contribution >= 4 is 0 Å². The lowest BCUT2D eigenvalue weighted by atomic mass is 10.1. The molecule has 1 unspecified atom stereocenters. The number of aliphatic hydroxyl groups excluding tert-OH is 1. The maximum absolute atomic E-state index is 9.85. The molecule has 1 aromatic rings. The zero-order valence-corrected chi connectivity index (χ0v) is 9.81. The van der Waals surface area contributed by atoms with Gasteiger partial charge >= 0.3 is 0 Å². The van der Waals surface area contributed by atoms with E-state index in [1.54, 1.807) is 0 Å². The molecule has 0 saturated heterocycles. The number of ether oxygens (including phenoxy) is 1. The molecule has 1 aliphatic rings. The van der Waals surface area contributed by atoms with Crippen LogP contribution in [0, 0.1) is 12.8 Å². The number of nitrogens with zero attached hydrogens (tertiary/aromatic N) is 2. The number of aliphatic hydroxyl groups is 1. The lowest BCUT2D eigenvalue weighted by molar-refractivity contribution is 0.150. The average molecular weight is 222 g/mol. The van der Waals surface area contributed by atoms with Gasteiger partial charge < -0.3 is 9.84 Å². The van der Waals surface area contributed by atoms with Crippen LogP contribution in [0.4, 0.5) is 0 Å². The maximum atomic E-state index is 9.85. The lowest BCUT2D eigenvalue weighted by Crippen LogP contribution is -2.14. The molecule has 0 aromatic carbocycles. The number of hydrogen-bond acceptors (Lipinski definition) is 4.